The molecule has 1 aromatic carbocycles. The highest BCUT2D eigenvalue weighted by Crippen LogP contribution is 2.21. The summed E-state index contributed by atoms with van der Waals surface area (Å²) < 4.78 is 2.08. The van der Waals surface area contributed by atoms with Gasteiger partial charge in [-0.1, -0.05) is 18.2 Å². The van der Waals surface area contributed by atoms with Crippen LogP contribution in [0.3, 0.4) is 0 Å². The summed E-state index contributed by atoms with van der Waals surface area (Å²) in [5.41, 5.74) is 9.24. The van der Waals surface area contributed by atoms with E-state index >= 15 is 0 Å². The van der Waals surface area contributed by atoms with Gasteiger partial charge in [0.25, 0.3) is 0 Å². The van der Waals surface area contributed by atoms with Gasteiger partial charge in [-0.2, -0.15) is 0 Å². The van der Waals surface area contributed by atoms with E-state index in [4.69, 9.17) is 5.73 Å². The number of hydrogen-bond donors (Lipinski definition) is 1. The molecule has 1 aromatic heterocycles. The molecule has 3 heteroatoms. The highest BCUT2D eigenvalue weighted by atomic mass is 15.0. The Balaban J connectivity index is 2.33. The maximum Gasteiger partial charge on any atom is 0.143 e. The van der Waals surface area contributed by atoms with E-state index < -0.39 is 0 Å². The zero-order valence-electron chi connectivity index (χ0n) is 8.22. The van der Waals surface area contributed by atoms with Crippen molar-refractivity contribution in [1.29, 1.82) is 0 Å². The summed E-state index contributed by atoms with van der Waals surface area (Å²) in [4.78, 5) is 4.35. The Morgan fingerprint density at radius 3 is 2.93 bits per heavy atom. The third-order valence-electron chi connectivity index (χ3n) is 2.68. The van der Waals surface area contributed by atoms with Gasteiger partial charge in [0.05, 0.1) is 17.9 Å². The lowest BCUT2D eigenvalue weighted by Crippen LogP contribution is -2.15. The average Bonchev–Trinajstić information content (AvgIpc) is 2.71. The van der Waals surface area contributed by atoms with E-state index in [1.807, 2.05) is 30.5 Å². The molecule has 2 heterocycles. The molecule has 0 saturated heterocycles. The minimum absolute atomic E-state index is 0.608. The highest BCUT2D eigenvalue weighted by molar-refractivity contribution is 5.97. The largest absolute Gasteiger partial charge is 0.382 e. The fourth-order valence-corrected chi connectivity index (χ4v) is 1.93. The van der Waals surface area contributed by atoms with Crippen LogP contribution in [0.15, 0.2) is 47.6 Å². The third kappa shape index (κ3) is 1.16. The van der Waals surface area contributed by atoms with E-state index in [0.29, 0.717) is 12.4 Å². The summed E-state index contributed by atoms with van der Waals surface area (Å²) in [6.07, 6.45) is 2.02. The van der Waals surface area contributed by atoms with Crippen molar-refractivity contribution in [2.45, 2.75) is 6.54 Å². The van der Waals surface area contributed by atoms with Crippen molar-refractivity contribution in [2.24, 2.45) is 10.7 Å². The molecule has 2 N–H and O–H groups in total. The first-order chi connectivity index (χ1) is 7.36. The van der Waals surface area contributed by atoms with Gasteiger partial charge in [0.2, 0.25) is 0 Å². The molecular weight excluding hydrogens is 186 g/mol. The Kier molecular flexibility index (Phi) is 1.65. The lowest BCUT2D eigenvalue weighted by molar-refractivity contribution is 1.02. The summed E-state index contributed by atoms with van der Waals surface area (Å²) in [6, 6.07) is 12.2. The smallest absolute Gasteiger partial charge is 0.143 e. The summed E-state index contributed by atoms with van der Waals surface area (Å²) in [5.74, 6) is 0.608. The standard InChI is InChI=1S/C12H11N3/c13-12-11-6-3-7-15(11)10-5-2-1-4-9(10)8-14-12/h1-7H,8H2,(H2,13,14). The van der Waals surface area contributed by atoms with Gasteiger partial charge in [-0.15, -0.1) is 0 Å². The van der Waals surface area contributed by atoms with Gasteiger partial charge < -0.3 is 10.3 Å². The molecule has 3 nitrogen and oxygen atoms in total. The summed E-state index contributed by atoms with van der Waals surface area (Å²) in [7, 11) is 0. The van der Waals surface area contributed by atoms with Crippen LogP contribution in [0, 0.1) is 0 Å². The van der Waals surface area contributed by atoms with Crippen LogP contribution in [0.2, 0.25) is 0 Å². The first kappa shape index (κ1) is 8.29. The number of nitrogens with two attached hydrogens (primary N) is 1. The van der Waals surface area contributed by atoms with Gasteiger partial charge in [0.1, 0.15) is 5.84 Å². The summed E-state index contributed by atoms with van der Waals surface area (Å²) in [5, 5.41) is 0. The maximum absolute atomic E-state index is 5.90. The SMILES string of the molecule is NC1=NCc2ccccc2-n2cccc21. The van der Waals surface area contributed by atoms with Crippen molar-refractivity contribution in [1.82, 2.24) is 4.57 Å². The number of aliphatic imine (C=N–C) groups is 1. The molecule has 0 amide bonds. The minimum Gasteiger partial charge on any atom is -0.382 e. The van der Waals surface area contributed by atoms with Crippen LogP contribution in [0.4, 0.5) is 0 Å². The molecule has 0 atom stereocenters. The van der Waals surface area contributed by atoms with E-state index in [1.165, 1.54) is 11.3 Å². The highest BCUT2D eigenvalue weighted by Gasteiger charge is 2.13. The molecule has 0 spiro atoms. The second kappa shape index (κ2) is 2.98. The van der Waals surface area contributed by atoms with Crippen molar-refractivity contribution >= 4 is 5.84 Å². The average molecular weight is 197 g/mol. The number of amidine groups is 1. The fraction of sp³-hybridized carbons (Fsp3) is 0.0833. The Morgan fingerprint density at radius 1 is 1.13 bits per heavy atom. The predicted octanol–water partition coefficient (Wildman–Crippen LogP) is 1.70. The Hall–Kier alpha value is -2.03. The van der Waals surface area contributed by atoms with Crippen LogP contribution in [0.25, 0.3) is 5.69 Å². The Labute approximate surface area is 87.9 Å². The van der Waals surface area contributed by atoms with E-state index in [9.17, 15) is 0 Å². The van der Waals surface area contributed by atoms with E-state index in [-0.39, 0.29) is 0 Å². The lowest BCUT2D eigenvalue weighted by atomic mass is 10.2. The molecule has 74 valence electrons. The lowest BCUT2D eigenvalue weighted by Gasteiger charge is -2.08. The number of fused-ring (bicyclic) bond motifs is 3. The number of aromatic nitrogens is 1. The van der Waals surface area contributed by atoms with Gasteiger partial charge in [-0.3, -0.25) is 4.99 Å². The summed E-state index contributed by atoms with van der Waals surface area (Å²) in [6.45, 7) is 0.656. The molecule has 15 heavy (non-hydrogen) atoms. The fourth-order valence-electron chi connectivity index (χ4n) is 1.93. The van der Waals surface area contributed by atoms with E-state index in [1.54, 1.807) is 0 Å². The van der Waals surface area contributed by atoms with Crippen LogP contribution in [0.1, 0.15) is 11.3 Å². The minimum atomic E-state index is 0.608. The molecule has 0 bridgehead atoms. The van der Waals surface area contributed by atoms with Crippen LogP contribution < -0.4 is 5.73 Å². The van der Waals surface area contributed by atoms with Crippen molar-refractivity contribution in [3.63, 3.8) is 0 Å². The van der Waals surface area contributed by atoms with E-state index in [0.717, 1.165) is 5.69 Å². The van der Waals surface area contributed by atoms with Gasteiger partial charge >= 0.3 is 0 Å². The van der Waals surface area contributed by atoms with Gasteiger partial charge in [0.15, 0.2) is 0 Å². The van der Waals surface area contributed by atoms with E-state index in [2.05, 4.69) is 21.7 Å². The Bertz CT molecular complexity index is 537. The number of nitrogens with zero attached hydrogens (tertiary/aromatic N) is 2. The number of rotatable bonds is 0. The van der Waals surface area contributed by atoms with Gasteiger partial charge in [-0.05, 0) is 23.8 Å². The summed E-state index contributed by atoms with van der Waals surface area (Å²) >= 11 is 0. The molecule has 0 aliphatic carbocycles. The second-order valence-electron chi connectivity index (χ2n) is 3.59. The van der Waals surface area contributed by atoms with Crippen molar-refractivity contribution < 1.29 is 0 Å². The van der Waals surface area contributed by atoms with Crippen LogP contribution >= 0.6 is 0 Å². The van der Waals surface area contributed by atoms with Crippen molar-refractivity contribution in [2.75, 3.05) is 0 Å². The first-order valence-electron chi connectivity index (χ1n) is 4.92. The molecule has 0 saturated carbocycles. The number of hydrogen-bond acceptors (Lipinski definition) is 2. The second-order valence-corrected chi connectivity index (χ2v) is 3.59. The Morgan fingerprint density at radius 2 is 2.00 bits per heavy atom. The monoisotopic (exact) mass is 197 g/mol. The molecule has 0 fully saturated rings. The molecule has 1 aliphatic rings. The normalized spacial score (nSPS) is 13.7. The van der Waals surface area contributed by atoms with Crippen molar-refractivity contribution in [3.05, 3.63) is 53.9 Å². The van der Waals surface area contributed by atoms with Crippen molar-refractivity contribution in [3.8, 4) is 5.69 Å². The molecule has 0 unspecified atom stereocenters. The molecular formula is C12H11N3. The maximum atomic E-state index is 5.90. The zero-order valence-corrected chi connectivity index (χ0v) is 8.22. The van der Waals surface area contributed by atoms with Crippen LogP contribution in [-0.4, -0.2) is 10.4 Å². The predicted molar refractivity (Wildman–Crippen MR) is 60.2 cm³/mol. The van der Waals surface area contributed by atoms with Gasteiger partial charge in [-0.25, -0.2) is 0 Å². The number of benzene rings is 1. The molecule has 1 aliphatic heterocycles. The molecule has 2 aromatic rings. The van der Waals surface area contributed by atoms with Gasteiger partial charge in [0, 0.05) is 6.20 Å². The molecule has 3 rings (SSSR count). The quantitative estimate of drug-likeness (QED) is 0.686. The topological polar surface area (TPSA) is 43.3 Å². The first-order valence-corrected chi connectivity index (χ1v) is 4.92. The number of para-hydroxylation sites is 1. The van der Waals surface area contributed by atoms with Crippen LogP contribution in [0.5, 0.6) is 0 Å². The zero-order chi connectivity index (χ0) is 10.3. The van der Waals surface area contributed by atoms with Crippen LogP contribution in [-0.2, 0) is 6.54 Å². The molecule has 0 radical (unpaired) electrons. The third-order valence-corrected chi connectivity index (χ3v) is 2.68.